The van der Waals surface area contributed by atoms with Crippen LogP contribution in [0.1, 0.15) is 34.7 Å². The summed E-state index contributed by atoms with van der Waals surface area (Å²) in [5, 5.41) is 22.9. The summed E-state index contributed by atoms with van der Waals surface area (Å²) in [4.78, 5) is 4.74. The minimum Gasteiger partial charge on any atom is -0.382 e. The van der Waals surface area contributed by atoms with Crippen LogP contribution in [0.2, 0.25) is 5.02 Å². The van der Waals surface area contributed by atoms with Gasteiger partial charge in [-0.25, -0.2) is 4.98 Å². The fourth-order valence-corrected chi connectivity index (χ4v) is 3.63. The third-order valence-corrected chi connectivity index (χ3v) is 5.27. The highest BCUT2D eigenvalue weighted by Crippen LogP contribution is 2.34. The fourth-order valence-electron chi connectivity index (χ4n) is 3.50. The van der Waals surface area contributed by atoms with E-state index >= 15 is 0 Å². The van der Waals surface area contributed by atoms with E-state index in [9.17, 15) is 10.2 Å². The number of rotatable bonds is 5. The Hall–Kier alpha value is -2.92. The van der Waals surface area contributed by atoms with E-state index in [0.29, 0.717) is 22.2 Å². The molecule has 0 spiro atoms. The maximum absolute atomic E-state index is 11.2. The van der Waals surface area contributed by atoms with Gasteiger partial charge >= 0.3 is 0 Å². The second-order valence-electron chi connectivity index (χ2n) is 6.90. The quantitative estimate of drug-likeness (QED) is 0.497. The van der Waals surface area contributed by atoms with Crippen LogP contribution in [0, 0.1) is 0 Å². The lowest BCUT2D eigenvalue weighted by Crippen LogP contribution is -2.12. The molecule has 1 heterocycles. The van der Waals surface area contributed by atoms with Crippen molar-refractivity contribution in [3.63, 3.8) is 0 Å². The summed E-state index contributed by atoms with van der Waals surface area (Å²) in [7, 11) is 1.85. The standard InChI is InChI=1S/C24H21ClN2O2/c1-27-21(23(29)17-10-6-3-7-11-17)20(22(28)16-8-4-2-5-9-16)26-24(27)18-12-14-19(25)15-13-18/h2-15,22-23,28-29H,1H3. The molecule has 2 atom stereocenters. The van der Waals surface area contributed by atoms with E-state index in [4.69, 9.17) is 16.6 Å². The smallest absolute Gasteiger partial charge is 0.140 e. The van der Waals surface area contributed by atoms with Crippen molar-refractivity contribution in [2.24, 2.45) is 7.05 Å². The third kappa shape index (κ3) is 3.83. The van der Waals surface area contributed by atoms with Crippen molar-refractivity contribution in [3.8, 4) is 11.4 Å². The molecule has 1 aromatic heterocycles. The minimum atomic E-state index is -0.961. The van der Waals surface area contributed by atoms with Crippen LogP contribution in [0.4, 0.5) is 0 Å². The molecule has 2 N–H and O–H groups in total. The molecule has 5 heteroatoms. The minimum absolute atomic E-state index is 0.431. The molecule has 0 aliphatic heterocycles. The number of halogens is 1. The van der Waals surface area contributed by atoms with Gasteiger partial charge in [0.2, 0.25) is 0 Å². The zero-order chi connectivity index (χ0) is 20.4. The Bertz CT molecular complexity index is 1090. The first-order valence-electron chi connectivity index (χ1n) is 9.34. The van der Waals surface area contributed by atoms with E-state index in [1.165, 1.54) is 0 Å². The lowest BCUT2D eigenvalue weighted by atomic mass is 9.99. The Morgan fingerprint density at radius 1 is 0.759 bits per heavy atom. The summed E-state index contributed by atoms with van der Waals surface area (Å²) >= 11 is 6.03. The molecule has 29 heavy (non-hydrogen) atoms. The van der Waals surface area contributed by atoms with Gasteiger partial charge in [0.1, 0.15) is 18.0 Å². The largest absolute Gasteiger partial charge is 0.382 e. The predicted octanol–water partition coefficient (Wildman–Crippen LogP) is 4.90. The van der Waals surface area contributed by atoms with Gasteiger partial charge in [0.25, 0.3) is 0 Å². The zero-order valence-corrected chi connectivity index (χ0v) is 16.7. The van der Waals surface area contributed by atoms with Crippen molar-refractivity contribution in [1.82, 2.24) is 9.55 Å². The molecule has 2 unspecified atom stereocenters. The van der Waals surface area contributed by atoms with Crippen molar-refractivity contribution in [2.45, 2.75) is 12.2 Å². The summed E-state index contributed by atoms with van der Waals surface area (Å²) < 4.78 is 1.84. The number of hydrogen-bond acceptors (Lipinski definition) is 3. The van der Waals surface area contributed by atoms with E-state index in [1.54, 1.807) is 12.1 Å². The number of benzene rings is 3. The number of aliphatic hydroxyl groups excluding tert-OH is 2. The first kappa shape index (κ1) is 19.4. The summed E-state index contributed by atoms with van der Waals surface area (Å²) in [6.45, 7) is 0. The topological polar surface area (TPSA) is 58.3 Å². The van der Waals surface area contributed by atoms with Gasteiger partial charge in [-0.15, -0.1) is 0 Å². The van der Waals surface area contributed by atoms with Crippen LogP contribution >= 0.6 is 11.6 Å². The van der Waals surface area contributed by atoms with Crippen molar-refractivity contribution in [2.75, 3.05) is 0 Å². The monoisotopic (exact) mass is 404 g/mol. The van der Waals surface area contributed by atoms with Gasteiger partial charge in [-0.2, -0.15) is 0 Å². The first-order valence-corrected chi connectivity index (χ1v) is 9.72. The van der Waals surface area contributed by atoms with Gasteiger partial charge in [-0.3, -0.25) is 0 Å². The number of hydrogen-bond donors (Lipinski definition) is 2. The molecule has 4 nitrogen and oxygen atoms in total. The van der Waals surface area contributed by atoms with Crippen molar-refractivity contribution >= 4 is 11.6 Å². The Labute approximate surface area is 174 Å². The van der Waals surface area contributed by atoms with Crippen molar-refractivity contribution < 1.29 is 10.2 Å². The molecule has 0 amide bonds. The van der Waals surface area contributed by atoms with E-state index in [2.05, 4.69) is 0 Å². The number of imidazole rings is 1. The molecule has 146 valence electrons. The zero-order valence-electron chi connectivity index (χ0n) is 15.9. The summed E-state index contributed by atoms with van der Waals surface area (Å²) in [5.41, 5.74) is 3.29. The normalized spacial score (nSPS) is 13.2. The molecule has 0 saturated heterocycles. The van der Waals surface area contributed by atoms with E-state index in [-0.39, 0.29) is 0 Å². The first-order chi connectivity index (χ1) is 14.1. The Morgan fingerprint density at radius 3 is 1.83 bits per heavy atom. The molecule has 0 bridgehead atoms. The average molecular weight is 405 g/mol. The molecular formula is C24H21ClN2O2. The molecular weight excluding hydrogens is 384 g/mol. The summed E-state index contributed by atoms with van der Waals surface area (Å²) in [6, 6.07) is 26.1. The molecule has 3 aromatic carbocycles. The van der Waals surface area contributed by atoms with Gasteiger partial charge in [-0.1, -0.05) is 72.3 Å². The average Bonchev–Trinajstić information content (AvgIpc) is 3.11. The number of aliphatic hydroxyl groups is 2. The maximum atomic E-state index is 11.2. The molecule has 0 fully saturated rings. The molecule has 4 rings (SSSR count). The van der Waals surface area contributed by atoms with E-state index < -0.39 is 12.2 Å². The molecule has 4 aromatic rings. The number of nitrogens with zero attached hydrogens (tertiary/aromatic N) is 2. The molecule has 0 radical (unpaired) electrons. The van der Waals surface area contributed by atoms with Crippen LogP contribution in [-0.4, -0.2) is 19.8 Å². The highest BCUT2D eigenvalue weighted by atomic mass is 35.5. The van der Waals surface area contributed by atoms with E-state index in [0.717, 1.165) is 16.7 Å². The van der Waals surface area contributed by atoms with Gasteiger partial charge in [0.15, 0.2) is 0 Å². The Kier molecular flexibility index (Phi) is 5.49. The van der Waals surface area contributed by atoms with Gasteiger partial charge in [0.05, 0.1) is 11.4 Å². The second-order valence-corrected chi connectivity index (χ2v) is 7.33. The molecule has 0 aliphatic carbocycles. The SMILES string of the molecule is Cn1c(-c2ccc(Cl)cc2)nc(C(O)c2ccccc2)c1C(O)c1ccccc1. The van der Waals surface area contributed by atoms with Gasteiger partial charge in [0, 0.05) is 17.6 Å². The highest BCUT2D eigenvalue weighted by molar-refractivity contribution is 6.30. The highest BCUT2D eigenvalue weighted by Gasteiger charge is 2.28. The van der Waals surface area contributed by atoms with E-state index in [1.807, 2.05) is 84.4 Å². The van der Waals surface area contributed by atoms with Gasteiger partial charge in [-0.05, 0) is 35.4 Å². The van der Waals surface area contributed by atoms with Crippen LogP contribution in [0.5, 0.6) is 0 Å². The van der Waals surface area contributed by atoms with Crippen molar-refractivity contribution in [3.05, 3.63) is 112 Å². The maximum Gasteiger partial charge on any atom is 0.140 e. The summed E-state index contributed by atoms with van der Waals surface area (Å²) in [5.74, 6) is 0.650. The Morgan fingerprint density at radius 2 is 1.28 bits per heavy atom. The predicted molar refractivity (Wildman–Crippen MR) is 115 cm³/mol. The third-order valence-electron chi connectivity index (χ3n) is 5.02. The van der Waals surface area contributed by atoms with Crippen LogP contribution in [0.25, 0.3) is 11.4 Å². The Balaban J connectivity index is 1.88. The molecule has 0 saturated carbocycles. The lowest BCUT2D eigenvalue weighted by molar-refractivity contribution is 0.189. The van der Waals surface area contributed by atoms with Crippen LogP contribution < -0.4 is 0 Å². The second kappa shape index (κ2) is 8.21. The van der Waals surface area contributed by atoms with Gasteiger partial charge < -0.3 is 14.8 Å². The van der Waals surface area contributed by atoms with Crippen molar-refractivity contribution in [1.29, 1.82) is 0 Å². The van der Waals surface area contributed by atoms with Crippen LogP contribution in [0.3, 0.4) is 0 Å². The number of aromatic nitrogens is 2. The van der Waals surface area contributed by atoms with Crippen LogP contribution in [0.15, 0.2) is 84.9 Å². The molecule has 0 aliphatic rings. The fraction of sp³-hybridized carbons (Fsp3) is 0.125. The lowest BCUT2D eigenvalue weighted by Gasteiger charge is -2.17. The van der Waals surface area contributed by atoms with Crippen LogP contribution in [-0.2, 0) is 7.05 Å². The summed E-state index contributed by atoms with van der Waals surface area (Å²) in [6.07, 6.45) is -1.89.